The predicted molar refractivity (Wildman–Crippen MR) is 123 cm³/mol. The highest BCUT2D eigenvalue weighted by molar-refractivity contribution is 7.18. The van der Waals surface area contributed by atoms with Crippen molar-refractivity contribution in [1.29, 1.82) is 0 Å². The number of carbonyl (C=O) groups is 1. The first-order chi connectivity index (χ1) is 14.8. The first kappa shape index (κ1) is 22.8. The third-order valence-electron chi connectivity index (χ3n) is 4.64. The lowest BCUT2D eigenvalue weighted by atomic mass is 10.1. The summed E-state index contributed by atoms with van der Waals surface area (Å²) in [5.41, 5.74) is 1.25. The molecule has 0 unspecified atom stereocenters. The van der Waals surface area contributed by atoms with Crippen LogP contribution in [0.2, 0.25) is 5.02 Å². The van der Waals surface area contributed by atoms with Crippen LogP contribution in [0.5, 0.6) is 11.5 Å². The maximum absolute atomic E-state index is 12.7. The van der Waals surface area contributed by atoms with E-state index in [2.05, 4.69) is 9.97 Å². The number of esters is 1. The highest BCUT2D eigenvalue weighted by Gasteiger charge is 2.20. The minimum Gasteiger partial charge on any atom is -0.491 e. The number of fused-ring (bicyclic) bond motifs is 1. The molecule has 7 nitrogen and oxygen atoms in total. The van der Waals surface area contributed by atoms with Crippen molar-refractivity contribution in [3.63, 3.8) is 0 Å². The fraction of sp³-hybridized carbons (Fsp3) is 0.318. The molecule has 9 heteroatoms. The molecular weight excluding hydrogens is 440 g/mol. The summed E-state index contributed by atoms with van der Waals surface area (Å²) < 4.78 is 16.1. The third-order valence-corrected chi connectivity index (χ3v) is 6.02. The molecule has 0 radical (unpaired) electrons. The van der Waals surface area contributed by atoms with E-state index >= 15 is 0 Å². The van der Waals surface area contributed by atoms with E-state index in [0.717, 1.165) is 10.4 Å². The van der Waals surface area contributed by atoms with Crippen LogP contribution < -0.4 is 15.0 Å². The summed E-state index contributed by atoms with van der Waals surface area (Å²) in [6.07, 6.45) is 1.56. The second-order valence-electron chi connectivity index (χ2n) is 6.62. The monoisotopic (exact) mass is 462 g/mol. The number of carbonyl (C=O) groups excluding carboxylic acids is 1. The number of hydrogen-bond donors (Lipinski definition) is 1. The maximum atomic E-state index is 12.7. The van der Waals surface area contributed by atoms with E-state index in [9.17, 15) is 9.59 Å². The Kier molecular flexibility index (Phi) is 7.02. The SMILES string of the molecule is CCOC(=O)C(=Cc1cc(Cl)c(OC)c(OCC)c1)c1nc2sc(C)c(C)c2c(=O)[nH]1. The Hall–Kier alpha value is -2.84. The van der Waals surface area contributed by atoms with Gasteiger partial charge in [-0.25, -0.2) is 9.78 Å². The van der Waals surface area contributed by atoms with Crippen molar-refractivity contribution in [3.8, 4) is 11.5 Å². The molecule has 2 heterocycles. The largest absolute Gasteiger partial charge is 0.491 e. The van der Waals surface area contributed by atoms with Crippen LogP contribution in [-0.2, 0) is 9.53 Å². The Bertz CT molecular complexity index is 1230. The number of aromatic nitrogens is 2. The summed E-state index contributed by atoms with van der Waals surface area (Å²) in [4.78, 5) is 34.3. The van der Waals surface area contributed by atoms with Crippen molar-refractivity contribution in [1.82, 2.24) is 9.97 Å². The zero-order chi connectivity index (χ0) is 22.7. The number of aryl methyl sites for hydroxylation is 2. The minimum atomic E-state index is -0.611. The van der Waals surface area contributed by atoms with E-state index in [-0.39, 0.29) is 23.6 Å². The normalized spacial score (nSPS) is 11.6. The molecule has 3 aromatic rings. The van der Waals surface area contributed by atoms with Crippen molar-refractivity contribution >= 4 is 50.8 Å². The molecule has 0 fully saturated rings. The fourth-order valence-electron chi connectivity index (χ4n) is 3.11. The van der Waals surface area contributed by atoms with Gasteiger partial charge in [0.2, 0.25) is 0 Å². The Morgan fingerprint density at radius 2 is 2.00 bits per heavy atom. The number of H-pyrrole nitrogens is 1. The second-order valence-corrected chi connectivity index (χ2v) is 8.23. The zero-order valence-corrected chi connectivity index (χ0v) is 19.5. The smallest absolute Gasteiger partial charge is 0.341 e. The summed E-state index contributed by atoms with van der Waals surface area (Å²) in [5, 5.41) is 0.852. The van der Waals surface area contributed by atoms with Crippen molar-refractivity contribution in [2.24, 2.45) is 0 Å². The molecule has 0 aliphatic heterocycles. The fourth-order valence-corrected chi connectivity index (χ4v) is 4.44. The van der Waals surface area contributed by atoms with Crippen LogP contribution in [0.25, 0.3) is 21.9 Å². The average Bonchev–Trinajstić information content (AvgIpc) is 3.00. The molecule has 0 saturated heterocycles. The molecule has 164 valence electrons. The van der Waals surface area contributed by atoms with Gasteiger partial charge in [-0.1, -0.05) is 11.6 Å². The van der Waals surface area contributed by atoms with Crippen LogP contribution in [0.1, 0.15) is 35.7 Å². The summed E-state index contributed by atoms with van der Waals surface area (Å²) >= 11 is 7.75. The van der Waals surface area contributed by atoms with Crippen LogP contribution in [-0.4, -0.2) is 36.3 Å². The first-order valence-corrected chi connectivity index (χ1v) is 10.9. The number of ether oxygens (including phenoxy) is 3. The Labute approximate surface area is 188 Å². The molecule has 0 saturated carbocycles. The maximum Gasteiger partial charge on any atom is 0.341 e. The standard InChI is InChI=1S/C22H23ClN2O5S/c1-6-29-16-10-13(9-15(23)18(16)28-5)8-14(22(27)30-7-2)19-24-20(26)17-11(3)12(4)31-21(17)25-19/h8-10H,6-7H2,1-5H3,(H,24,25,26). The van der Waals surface area contributed by atoms with Gasteiger partial charge < -0.3 is 19.2 Å². The average molecular weight is 463 g/mol. The summed E-state index contributed by atoms with van der Waals surface area (Å²) in [5.74, 6) is 0.353. The van der Waals surface area contributed by atoms with Crippen LogP contribution >= 0.6 is 22.9 Å². The van der Waals surface area contributed by atoms with Gasteiger partial charge >= 0.3 is 5.97 Å². The van der Waals surface area contributed by atoms with Gasteiger partial charge in [0.25, 0.3) is 5.56 Å². The molecular formula is C22H23ClN2O5S. The van der Waals surface area contributed by atoms with Crippen LogP contribution in [0.15, 0.2) is 16.9 Å². The summed E-state index contributed by atoms with van der Waals surface area (Å²) in [7, 11) is 1.50. The molecule has 1 aromatic carbocycles. The lowest BCUT2D eigenvalue weighted by molar-refractivity contribution is -0.136. The highest BCUT2D eigenvalue weighted by atomic mass is 35.5. The number of aromatic amines is 1. The molecule has 0 spiro atoms. The van der Waals surface area contributed by atoms with E-state index in [1.807, 2.05) is 20.8 Å². The Balaban J connectivity index is 2.21. The number of halogens is 1. The third kappa shape index (κ3) is 4.60. The van der Waals surface area contributed by atoms with E-state index < -0.39 is 5.97 Å². The number of hydrogen-bond acceptors (Lipinski definition) is 7. The Morgan fingerprint density at radius 1 is 1.26 bits per heavy atom. The van der Waals surface area contributed by atoms with Crippen molar-refractivity contribution in [2.75, 3.05) is 20.3 Å². The molecule has 31 heavy (non-hydrogen) atoms. The van der Waals surface area contributed by atoms with Crippen LogP contribution in [0, 0.1) is 13.8 Å². The molecule has 0 bridgehead atoms. The molecule has 2 aromatic heterocycles. The molecule has 3 rings (SSSR count). The minimum absolute atomic E-state index is 0.105. The van der Waals surface area contributed by atoms with Gasteiger partial charge in [0.05, 0.1) is 30.7 Å². The molecule has 1 N–H and O–H groups in total. The number of rotatable bonds is 7. The van der Waals surface area contributed by atoms with E-state index in [4.69, 9.17) is 25.8 Å². The molecule has 0 aliphatic rings. The number of nitrogens with zero attached hydrogens (tertiary/aromatic N) is 1. The van der Waals surface area contributed by atoms with Crippen molar-refractivity contribution < 1.29 is 19.0 Å². The quantitative estimate of drug-likeness (QED) is 0.402. The van der Waals surface area contributed by atoms with E-state index in [0.29, 0.717) is 38.9 Å². The van der Waals surface area contributed by atoms with Crippen molar-refractivity contribution in [3.05, 3.63) is 49.3 Å². The molecule has 0 atom stereocenters. The second kappa shape index (κ2) is 9.53. The topological polar surface area (TPSA) is 90.5 Å². The van der Waals surface area contributed by atoms with Gasteiger partial charge in [-0.3, -0.25) is 4.79 Å². The number of nitrogens with one attached hydrogen (secondary N) is 1. The van der Waals surface area contributed by atoms with Gasteiger partial charge in [-0.2, -0.15) is 0 Å². The van der Waals surface area contributed by atoms with E-state index in [1.165, 1.54) is 18.4 Å². The number of thiophene rings is 1. The lowest BCUT2D eigenvalue weighted by Crippen LogP contribution is -2.15. The first-order valence-electron chi connectivity index (χ1n) is 9.70. The van der Waals surface area contributed by atoms with Gasteiger partial charge in [0, 0.05) is 4.88 Å². The molecule has 0 aliphatic carbocycles. The Morgan fingerprint density at radius 3 is 2.65 bits per heavy atom. The van der Waals surface area contributed by atoms with Gasteiger partial charge in [0.15, 0.2) is 11.5 Å². The van der Waals surface area contributed by atoms with Gasteiger partial charge in [0.1, 0.15) is 16.2 Å². The van der Waals surface area contributed by atoms with Crippen molar-refractivity contribution in [2.45, 2.75) is 27.7 Å². The number of methoxy groups -OCH3 is 1. The van der Waals surface area contributed by atoms with Gasteiger partial charge in [-0.05, 0) is 57.0 Å². The number of benzene rings is 1. The van der Waals surface area contributed by atoms with Crippen LogP contribution in [0.3, 0.4) is 0 Å². The van der Waals surface area contributed by atoms with E-state index in [1.54, 1.807) is 25.1 Å². The lowest BCUT2D eigenvalue weighted by Gasteiger charge is -2.12. The zero-order valence-electron chi connectivity index (χ0n) is 17.9. The van der Waals surface area contributed by atoms with Crippen LogP contribution in [0.4, 0.5) is 0 Å². The predicted octanol–water partition coefficient (Wildman–Crippen LogP) is 4.77. The summed E-state index contributed by atoms with van der Waals surface area (Å²) in [6.45, 7) is 7.94. The summed E-state index contributed by atoms with van der Waals surface area (Å²) in [6, 6.07) is 3.34. The molecule has 0 amide bonds. The highest BCUT2D eigenvalue weighted by Crippen LogP contribution is 2.37. The van der Waals surface area contributed by atoms with Gasteiger partial charge in [-0.15, -0.1) is 11.3 Å².